The molecule has 0 saturated heterocycles. The van der Waals surface area contributed by atoms with Gasteiger partial charge in [0.05, 0.1) is 12.0 Å². The first-order valence-electron chi connectivity index (χ1n) is 7.06. The predicted octanol–water partition coefficient (Wildman–Crippen LogP) is 4.72. The molecule has 0 spiro atoms. The van der Waals surface area contributed by atoms with Crippen LogP contribution in [0, 0.1) is 0 Å². The number of benzene rings is 1. The monoisotopic (exact) mass is 408 g/mol. The fourth-order valence-corrected chi connectivity index (χ4v) is 3.01. The van der Waals surface area contributed by atoms with E-state index in [1.807, 2.05) is 37.3 Å². The molecule has 20 heavy (non-hydrogen) atoms. The maximum absolute atomic E-state index is 12.6. The molecule has 4 heteroatoms. The molecule has 0 saturated carbocycles. The van der Waals surface area contributed by atoms with Crippen LogP contribution in [-0.2, 0) is 14.9 Å². The molecule has 1 atom stereocenters. The van der Waals surface area contributed by atoms with E-state index in [0.717, 1.165) is 35.7 Å². The average molecular weight is 409 g/mol. The van der Waals surface area contributed by atoms with Crippen LogP contribution in [0.3, 0.4) is 0 Å². The highest BCUT2D eigenvalue weighted by atomic mass is 127. The normalized spacial score (nSPS) is 13.8. The van der Waals surface area contributed by atoms with E-state index >= 15 is 0 Å². The third-order valence-electron chi connectivity index (χ3n) is 3.47. The highest BCUT2D eigenvalue weighted by Crippen LogP contribution is 2.36. The first kappa shape index (κ1) is 17.8. The summed E-state index contributed by atoms with van der Waals surface area (Å²) in [6.07, 6.45) is 3.37. The van der Waals surface area contributed by atoms with Gasteiger partial charge in [-0.2, -0.15) is 0 Å². The molecular weight excluding hydrogens is 387 g/mol. The number of carbonyl (C=O) groups is 1. The number of rotatable bonds is 9. The standard InChI is InChI=1S/C16H22ClIO2/c1-2-20-15(19)16(10-6-12-17,11-7-13-18)14-8-4-3-5-9-14/h3-5,8-9H,2,6-7,10-13H2,1H3. The second-order valence-electron chi connectivity index (χ2n) is 4.75. The van der Waals surface area contributed by atoms with Crippen molar-refractivity contribution in [3.05, 3.63) is 35.9 Å². The molecule has 0 fully saturated rings. The Morgan fingerprint density at radius 3 is 2.45 bits per heavy atom. The third kappa shape index (κ3) is 4.62. The number of halogens is 2. The maximum Gasteiger partial charge on any atom is 0.316 e. The van der Waals surface area contributed by atoms with Crippen molar-refractivity contribution in [1.82, 2.24) is 0 Å². The largest absolute Gasteiger partial charge is 0.465 e. The maximum atomic E-state index is 12.6. The Labute approximate surface area is 140 Å². The summed E-state index contributed by atoms with van der Waals surface area (Å²) in [6.45, 7) is 2.27. The zero-order valence-electron chi connectivity index (χ0n) is 11.9. The summed E-state index contributed by atoms with van der Waals surface area (Å²) in [7, 11) is 0. The van der Waals surface area contributed by atoms with Gasteiger partial charge in [0.2, 0.25) is 0 Å². The number of hydrogen-bond donors (Lipinski definition) is 0. The lowest BCUT2D eigenvalue weighted by molar-refractivity contribution is -0.151. The highest BCUT2D eigenvalue weighted by molar-refractivity contribution is 14.1. The zero-order chi connectivity index (χ0) is 14.8. The van der Waals surface area contributed by atoms with E-state index < -0.39 is 5.41 Å². The quantitative estimate of drug-likeness (QED) is 0.336. The Morgan fingerprint density at radius 2 is 1.90 bits per heavy atom. The van der Waals surface area contributed by atoms with E-state index in [1.165, 1.54) is 0 Å². The Hall–Kier alpha value is -0.290. The third-order valence-corrected chi connectivity index (χ3v) is 4.50. The van der Waals surface area contributed by atoms with E-state index in [2.05, 4.69) is 22.6 Å². The molecule has 112 valence electrons. The smallest absolute Gasteiger partial charge is 0.316 e. The molecule has 0 radical (unpaired) electrons. The molecular formula is C16H22ClIO2. The van der Waals surface area contributed by atoms with Crippen molar-refractivity contribution >= 4 is 40.2 Å². The van der Waals surface area contributed by atoms with E-state index in [4.69, 9.17) is 16.3 Å². The summed E-state index contributed by atoms with van der Waals surface area (Å²) in [4.78, 5) is 12.6. The van der Waals surface area contributed by atoms with Gasteiger partial charge in [-0.1, -0.05) is 52.9 Å². The summed E-state index contributed by atoms with van der Waals surface area (Å²) in [6, 6.07) is 9.98. The van der Waals surface area contributed by atoms with Crippen molar-refractivity contribution in [3.8, 4) is 0 Å². The van der Waals surface area contributed by atoms with Crippen LogP contribution in [0.2, 0.25) is 0 Å². The van der Waals surface area contributed by atoms with Gasteiger partial charge in [0, 0.05) is 5.88 Å². The number of alkyl halides is 2. The minimum absolute atomic E-state index is 0.110. The summed E-state index contributed by atoms with van der Waals surface area (Å²) in [5, 5.41) is 0. The van der Waals surface area contributed by atoms with Crippen molar-refractivity contribution < 1.29 is 9.53 Å². The van der Waals surface area contributed by atoms with Crippen LogP contribution in [0.15, 0.2) is 30.3 Å². The molecule has 0 heterocycles. The molecule has 0 N–H and O–H groups in total. The summed E-state index contributed by atoms with van der Waals surface area (Å²) >= 11 is 8.21. The van der Waals surface area contributed by atoms with E-state index in [9.17, 15) is 4.79 Å². The van der Waals surface area contributed by atoms with E-state index in [1.54, 1.807) is 0 Å². The molecule has 0 aliphatic heterocycles. The van der Waals surface area contributed by atoms with Crippen molar-refractivity contribution in [2.45, 2.75) is 38.0 Å². The van der Waals surface area contributed by atoms with Crippen LogP contribution in [0.5, 0.6) is 0 Å². The van der Waals surface area contributed by atoms with E-state index in [0.29, 0.717) is 12.5 Å². The van der Waals surface area contributed by atoms with Crippen LogP contribution in [0.4, 0.5) is 0 Å². The molecule has 0 aliphatic rings. The second kappa shape index (κ2) is 9.61. The van der Waals surface area contributed by atoms with Crippen LogP contribution in [-0.4, -0.2) is 22.9 Å². The predicted molar refractivity (Wildman–Crippen MR) is 92.8 cm³/mol. The topological polar surface area (TPSA) is 26.3 Å². The first-order valence-corrected chi connectivity index (χ1v) is 9.12. The molecule has 0 aliphatic carbocycles. The minimum atomic E-state index is -0.544. The fraction of sp³-hybridized carbons (Fsp3) is 0.562. The number of ether oxygens (including phenoxy) is 1. The van der Waals surface area contributed by atoms with E-state index in [-0.39, 0.29) is 5.97 Å². The van der Waals surface area contributed by atoms with Crippen LogP contribution in [0.1, 0.15) is 38.2 Å². The average Bonchev–Trinajstić information content (AvgIpc) is 2.49. The summed E-state index contributed by atoms with van der Waals surface area (Å²) < 4.78 is 6.41. The fourth-order valence-electron chi connectivity index (χ4n) is 2.50. The number of esters is 1. The lowest BCUT2D eigenvalue weighted by Gasteiger charge is -2.32. The van der Waals surface area contributed by atoms with Crippen molar-refractivity contribution in [3.63, 3.8) is 0 Å². The van der Waals surface area contributed by atoms with Crippen LogP contribution in [0.25, 0.3) is 0 Å². The SMILES string of the molecule is CCOC(=O)C(CCCCl)(CCCI)c1ccccc1. The Morgan fingerprint density at radius 1 is 1.25 bits per heavy atom. The van der Waals surface area contributed by atoms with Gasteiger partial charge in [0.1, 0.15) is 0 Å². The lowest BCUT2D eigenvalue weighted by Crippen LogP contribution is -2.38. The van der Waals surface area contributed by atoms with Crippen molar-refractivity contribution in [2.75, 3.05) is 16.9 Å². The molecule has 0 aromatic heterocycles. The van der Waals surface area contributed by atoms with Gasteiger partial charge in [-0.3, -0.25) is 4.79 Å². The molecule has 1 aromatic carbocycles. The van der Waals surface area contributed by atoms with Gasteiger partial charge in [-0.05, 0) is 42.6 Å². The minimum Gasteiger partial charge on any atom is -0.465 e. The van der Waals surface area contributed by atoms with Gasteiger partial charge < -0.3 is 4.74 Å². The van der Waals surface area contributed by atoms with Gasteiger partial charge in [0.25, 0.3) is 0 Å². The Kier molecular flexibility index (Phi) is 8.53. The Bertz CT molecular complexity index is 387. The van der Waals surface area contributed by atoms with Crippen LogP contribution >= 0.6 is 34.2 Å². The molecule has 2 nitrogen and oxygen atoms in total. The molecule has 0 bridgehead atoms. The zero-order valence-corrected chi connectivity index (χ0v) is 14.8. The first-order chi connectivity index (χ1) is 9.71. The van der Waals surface area contributed by atoms with Crippen molar-refractivity contribution in [2.24, 2.45) is 0 Å². The highest BCUT2D eigenvalue weighted by Gasteiger charge is 2.40. The molecule has 1 rings (SSSR count). The van der Waals surface area contributed by atoms with Gasteiger partial charge in [-0.15, -0.1) is 11.6 Å². The van der Waals surface area contributed by atoms with Crippen molar-refractivity contribution in [1.29, 1.82) is 0 Å². The summed E-state index contributed by atoms with van der Waals surface area (Å²) in [5.74, 6) is 0.458. The summed E-state index contributed by atoms with van der Waals surface area (Å²) in [5.41, 5.74) is 0.505. The second-order valence-corrected chi connectivity index (χ2v) is 6.21. The lowest BCUT2D eigenvalue weighted by atomic mass is 9.73. The number of hydrogen-bond acceptors (Lipinski definition) is 2. The van der Waals surface area contributed by atoms with Gasteiger partial charge in [0.15, 0.2) is 0 Å². The Balaban J connectivity index is 3.13. The number of carbonyl (C=O) groups excluding carboxylic acids is 1. The van der Waals surface area contributed by atoms with Crippen LogP contribution < -0.4 is 0 Å². The molecule has 1 unspecified atom stereocenters. The van der Waals surface area contributed by atoms with Gasteiger partial charge >= 0.3 is 5.97 Å². The molecule has 1 aromatic rings. The van der Waals surface area contributed by atoms with Gasteiger partial charge in [-0.25, -0.2) is 0 Å². The molecule has 0 amide bonds.